The van der Waals surface area contributed by atoms with Crippen LogP contribution >= 0.6 is 11.3 Å². The van der Waals surface area contributed by atoms with Crippen LogP contribution < -0.4 is 10.2 Å². The lowest BCUT2D eigenvalue weighted by atomic mass is 10.1. The number of benzene rings is 2. The molecule has 134 valence electrons. The van der Waals surface area contributed by atoms with E-state index >= 15 is 0 Å². The number of carbonyl (C=O) groups is 1. The first-order valence-corrected chi connectivity index (χ1v) is 8.69. The van der Waals surface area contributed by atoms with Crippen molar-refractivity contribution in [2.75, 3.05) is 24.3 Å². The molecular weight excluding hydrogens is 356 g/mol. The quantitative estimate of drug-likeness (QED) is 0.720. The number of carbonyl (C=O) groups excluding carboxylic acids is 1. The predicted octanol–water partition coefficient (Wildman–Crippen LogP) is 4.72. The molecule has 1 heterocycles. The third-order valence-corrected chi connectivity index (χ3v) is 4.97. The standard InChI is InChI=1S/C19H17F2N3OS/c1-11-17(12-7-9-13(10-8-12)24(2)3)26-19(22-11)23-18(25)16-14(20)5-4-6-15(16)21/h4-10H,1-3H3,(H,22,23,25). The van der Waals surface area contributed by atoms with Gasteiger partial charge in [-0.2, -0.15) is 0 Å². The summed E-state index contributed by atoms with van der Waals surface area (Å²) in [6.07, 6.45) is 0. The Balaban J connectivity index is 1.85. The van der Waals surface area contributed by atoms with Crippen molar-refractivity contribution < 1.29 is 13.6 Å². The Kier molecular flexibility index (Phi) is 4.99. The van der Waals surface area contributed by atoms with Crippen LogP contribution in [0, 0.1) is 18.6 Å². The molecule has 0 fully saturated rings. The Morgan fingerprint density at radius 3 is 2.27 bits per heavy atom. The van der Waals surface area contributed by atoms with E-state index in [0.29, 0.717) is 5.13 Å². The van der Waals surface area contributed by atoms with Gasteiger partial charge in [0.1, 0.15) is 17.2 Å². The van der Waals surface area contributed by atoms with Gasteiger partial charge in [-0.15, -0.1) is 0 Å². The minimum Gasteiger partial charge on any atom is -0.378 e. The van der Waals surface area contributed by atoms with Crippen LogP contribution in [0.5, 0.6) is 0 Å². The molecule has 0 bridgehead atoms. The third-order valence-electron chi connectivity index (χ3n) is 3.85. The first kappa shape index (κ1) is 18.0. The number of aryl methyl sites for hydroxylation is 1. The lowest BCUT2D eigenvalue weighted by molar-refractivity contribution is 0.101. The number of anilines is 2. The first-order chi connectivity index (χ1) is 12.4. The van der Waals surface area contributed by atoms with Crippen LogP contribution in [0.4, 0.5) is 19.6 Å². The first-order valence-electron chi connectivity index (χ1n) is 7.87. The minimum atomic E-state index is -0.907. The van der Waals surface area contributed by atoms with Crippen molar-refractivity contribution in [1.29, 1.82) is 0 Å². The van der Waals surface area contributed by atoms with Crippen molar-refractivity contribution in [2.24, 2.45) is 0 Å². The maximum Gasteiger partial charge on any atom is 0.263 e. The van der Waals surface area contributed by atoms with Gasteiger partial charge in [-0.1, -0.05) is 29.5 Å². The zero-order valence-corrected chi connectivity index (χ0v) is 15.3. The molecule has 0 unspecified atom stereocenters. The van der Waals surface area contributed by atoms with Gasteiger partial charge in [0.15, 0.2) is 5.13 Å². The molecule has 0 atom stereocenters. The average Bonchev–Trinajstić information content (AvgIpc) is 2.95. The van der Waals surface area contributed by atoms with Gasteiger partial charge in [0.05, 0.1) is 10.6 Å². The predicted molar refractivity (Wildman–Crippen MR) is 101 cm³/mol. The summed E-state index contributed by atoms with van der Waals surface area (Å²) in [5.41, 5.74) is 2.15. The van der Waals surface area contributed by atoms with Crippen LogP contribution in [0.25, 0.3) is 10.4 Å². The fourth-order valence-electron chi connectivity index (χ4n) is 2.50. The highest BCUT2D eigenvalue weighted by Crippen LogP contribution is 2.33. The van der Waals surface area contributed by atoms with Crippen molar-refractivity contribution in [3.05, 3.63) is 65.4 Å². The Morgan fingerprint density at radius 2 is 1.69 bits per heavy atom. The minimum absolute atomic E-state index is 0.293. The lowest BCUT2D eigenvalue weighted by Gasteiger charge is -2.12. The second-order valence-electron chi connectivity index (χ2n) is 5.93. The topological polar surface area (TPSA) is 45.2 Å². The van der Waals surface area contributed by atoms with E-state index in [2.05, 4.69) is 10.3 Å². The summed E-state index contributed by atoms with van der Waals surface area (Å²) in [7, 11) is 3.92. The zero-order valence-electron chi connectivity index (χ0n) is 14.5. The van der Waals surface area contributed by atoms with Crippen LogP contribution in [0.15, 0.2) is 42.5 Å². The Hall–Kier alpha value is -2.80. The van der Waals surface area contributed by atoms with E-state index in [4.69, 9.17) is 0 Å². The number of nitrogens with one attached hydrogen (secondary N) is 1. The molecule has 1 aromatic heterocycles. The number of rotatable bonds is 4. The van der Waals surface area contributed by atoms with E-state index < -0.39 is 23.1 Å². The number of thiazole rings is 1. The average molecular weight is 373 g/mol. The molecule has 26 heavy (non-hydrogen) atoms. The molecule has 3 rings (SSSR count). The molecule has 3 aromatic rings. The summed E-state index contributed by atoms with van der Waals surface area (Å²) in [6.45, 7) is 1.82. The second-order valence-corrected chi connectivity index (χ2v) is 6.92. The fourth-order valence-corrected chi connectivity index (χ4v) is 3.47. The summed E-state index contributed by atoms with van der Waals surface area (Å²) in [5, 5.41) is 2.77. The van der Waals surface area contributed by atoms with Gasteiger partial charge < -0.3 is 4.90 Å². The molecule has 0 aliphatic heterocycles. The van der Waals surface area contributed by atoms with Crippen molar-refractivity contribution in [2.45, 2.75) is 6.92 Å². The molecule has 0 aliphatic carbocycles. The number of halogens is 2. The van der Waals surface area contributed by atoms with Crippen LogP contribution in [0.3, 0.4) is 0 Å². The molecule has 4 nitrogen and oxygen atoms in total. The monoisotopic (exact) mass is 373 g/mol. The largest absolute Gasteiger partial charge is 0.378 e. The zero-order chi connectivity index (χ0) is 18.8. The summed E-state index contributed by atoms with van der Waals surface area (Å²) in [6, 6.07) is 11.2. The molecular formula is C19H17F2N3OS. The molecule has 1 N–H and O–H groups in total. The molecule has 0 spiro atoms. The van der Waals surface area contributed by atoms with E-state index in [-0.39, 0.29) is 0 Å². The Morgan fingerprint density at radius 1 is 1.08 bits per heavy atom. The smallest absolute Gasteiger partial charge is 0.263 e. The van der Waals surface area contributed by atoms with Gasteiger partial charge in [-0.05, 0) is 36.8 Å². The van der Waals surface area contributed by atoms with E-state index in [1.54, 1.807) is 0 Å². The van der Waals surface area contributed by atoms with Gasteiger partial charge in [0.2, 0.25) is 0 Å². The molecule has 1 amide bonds. The molecule has 0 aliphatic rings. The number of amides is 1. The van der Waals surface area contributed by atoms with Gasteiger partial charge >= 0.3 is 0 Å². The molecule has 0 radical (unpaired) electrons. The van der Waals surface area contributed by atoms with E-state index in [0.717, 1.165) is 34.0 Å². The van der Waals surface area contributed by atoms with Gasteiger partial charge in [-0.25, -0.2) is 13.8 Å². The van der Waals surface area contributed by atoms with Crippen LogP contribution in [-0.2, 0) is 0 Å². The molecule has 7 heteroatoms. The van der Waals surface area contributed by atoms with E-state index in [9.17, 15) is 13.6 Å². The van der Waals surface area contributed by atoms with Crippen molar-refractivity contribution in [3.8, 4) is 10.4 Å². The van der Waals surface area contributed by atoms with Crippen molar-refractivity contribution in [3.63, 3.8) is 0 Å². The van der Waals surface area contributed by atoms with Gasteiger partial charge in [0, 0.05) is 19.8 Å². The molecule has 2 aromatic carbocycles. The maximum atomic E-state index is 13.7. The van der Waals surface area contributed by atoms with Crippen molar-refractivity contribution >= 4 is 28.1 Å². The summed E-state index contributed by atoms with van der Waals surface area (Å²) >= 11 is 1.26. The number of hydrogen-bond donors (Lipinski definition) is 1. The second kappa shape index (κ2) is 7.21. The van der Waals surface area contributed by atoms with Gasteiger partial charge in [-0.3, -0.25) is 10.1 Å². The molecule has 0 saturated heterocycles. The highest BCUT2D eigenvalue weighted by Gasteiger charge is 2.19. The molecule has 0 saturated carbocycles. The Bertz CT molecular complexity index is 932. The van der Waals surface area contributed by atoms with E-state index in [1.807, 2.05) is 50.2 Å². The third kappa shape index (κ3) is 3.57. The highest BCUT2D eigenvalue weighted by atomic mass is 32.1. The van der Waals surface area contributed by atoms with Crippen LogP contribution in [0.1, 0.15) is 16.1 Å². The number of aromatic nitrogens is 1. The van der Waals surface area contributed by atoms with Crippen LogP contribution in [0.2, 0.25) is 0 Å². The number of nitrogens with zero attached hydrogens (tertiary/aromatic N) is 2. The highest BCUT2D eigenvalue weighted by molar-refractivity contribution is 7.19. The maximum absolute atomic E-state index is 13.7. The van der Waals surface area contributed by atoms with Crippen molar-refractivity contribution in [1.82, 2.24) is 4.98 Å². The number of hydrogen-bond acceptors (Lipinski definition) is 4. The fraction of sp³-hybridized carbons (Fsp3) is 0.158. The van der Waals surface area contributed by atoms with E-state index in [1.165, 1.54) is 17.4 Å². The normalized spacial score (nSPS) is 10.7. The van der Waals surface area contributed by atoms with Crippen LogP contribution in [-0.4, -0.2) is 25.0 Å². The SMILES string of the molecule is Cc1nc(NC(=O)c2c(F)cccc2F)sc1-c1ccc(N(C)C)cc1. The van der Waals surface area contributed by atoms with Gasteiger partial charge in [0.25, 0.3) is 5.91 Å². The summed E-state index contributed by atoms with van der Waals surface area (Å²) in [4.78, 5) is 19.4. The summed E-state index contributed by atoms with van der Waals surface area (Å²) < 4.78 is 27.5. The Labute approximate surface area is 154 Å². The lowest BCUT2D eigenvalue weighted by Crippen LogP contribution is -2.15. The summed E-state index contributed by atoms with van der Waals surface area (Å²) in [5.74, 6) is -2.67.